The summed E-state index contributed by atoms with van der Waals surface area (Å²) in [6.45, 7) is 4.05. The molecule has 0 aromatic rings. The van der Waals surface area contributed by atoms with Crippen LogP contribution in [0.5, 0.6) is 0 Å². The molecule has 1 fully saturated rings. The SMILES string of the molecule is CC(C)N(C)S(=O)(=O)NC(CN)C1CC1.Cl. The van der Waals surface area contributed by atoms with Gasteiger partial charge in [-0.1, -0.05) is 0 Å². The van der Waals surface area contributed by atoms with Crippen LogP contribution in [-0.2, 0) is 10.2 Å². The van der Waals surface area contributed by atoms with Gasteiger partial charge in [-0.25, -0.2) is 0 Å². The maximum Gasteiger partial charge on any atom is 0.279 e. The average Bonchev–Trinajstić information content (AvgIpc) is 2.96. The van der Waals surface area contributed by atoms with E-state index in [4.69, 9.17) is 5.73 Å². The van der Waals surface area contributed by atoms with Crippen LogP contribution >= 0.6 is 12.4 Å². The zero-order valence-corrected chi connectivity index (χ0v) is 11.6. The monoisotopic (exact) mass is 271 g/mol. The minimum Gasteiger partial charge on any atom is -0.329 e. The number of hydrogen-bond donors (Lipinski definition) is 2. The summed E-state index contributed by atoms with van der Waals surface area (Å²) in [5.74, 6) is 0.435. The van der Waals surface area contributed by atoms with Crippen molar-refractivity contribution in [2.45, 2.75) is 38.8 Å². The first kappa shape index (κ1) is 16.1. The summed E-state index contributed by atoms with van der Waals surface area (Å²) in [6.07, 6.45) is 2.16. The maximum absolute atomic E-state index is 11.8. The van der Waals surface area contributed by atoms with E-state index in [-0.39, 0.29) is 24.5 Å². The van der Waals surface area contributed by atoms with Gasteiger partial charge in [0, 0.05) is 25.7 Å². The van der Waals surface area contributed by atoms with Gasteiger partial charge in [0.1, 0.15) is 0 Å². The maximum atomic E-state index is 11.8. The van der Waals surface area contributed by atoms with Crippen molar-refractivity contribution in [3.8, 4) is 0 Å². The zero-order chi connectivity index (χ0) is 11.6. The number of halogens is 1. The molecular formula is C9H22ClN3O2S. The van der Waals surface area contributed by atoms with Crippen molar-refractivity contribution in [1.82, 2.24) is 9.03 Å². The molecule has 0 aliphatic heterocycles. The van der Waals surface area contributed by atoms with Crippen molar-refractivity contribution < 1.29 is 8.42 Å². The lowest BCUT2D eigenvalue weighted by Crippen LogP contribution is -2.49. The Morgan fingerprint density at radius 1 is 1.44 bits per heavy atom. The topological polar surface area (TPSA) is 75.4 Å². The smallest absolute Gasteiger partial charge is 0.279 e. The third kappa shape index (κ3) is 4.18. The van der Waals surface area contributed by atoms with Crippen LogP contribution in [0.4, 0.5) is 0 Å². The van der Waals surface area contributed by atoms with Gasteiger partial charge >= 0.3 is 0 Å². The molecule has 98 valence electrons. The average molecular weight is 272 g/mol. The summed E-state index contributed by atoms with van der Waals surface area (Å²) in [7, 11) is -1.80. The van der Waals surface area contributed by atoms with E-state index in [9.17, 15) is 8.42 Å². The molecule has 7 heteroatoms. The van der Waals surface area contributed by atoms with Gasteiger partial charge in [-0.3, -0.25) is 0 Å². The van der Waals surface area contributed by atoms with Crippen LogP contribution in [-0.4, -0.2) is 38.4 Å². The van der Waals surface area contributed by atoms with E-state index in [2.05, 4.69) is 4.72 Å². The van der Waals surface area contributed by atoms with Crippen molar-refractivity contribution in [3.63, 3.8) is 0 Å². The molecule has 0 heterocycles. The van der Waals surface area contributed by atoms with E-state index in [1.165, 1.54) is 4.31 Å². The van der Waals surface area contributed by atoms with Gasteiger partial charge in [0.25, 0.3) is 10.2 Å². The molecule has 0 amide bonds. The van der Waals surface area contributed by atoms with Gasteiger partial charge in [-0.2, -0.15) is 17.4 Å². The summed E-state index contributed by atoms with van der Waals surface area (Å²) in [5, 5.41) is 0. The fourth-order valence-electron chi connectivity index (χ4n) is 1.39. The summed E-state index contributed by atoms with van der Waals surface area (Å²) in [6, 6.07) is -0.142. The number of nitrogens with two attached hydrogens (primary N) is 1. The first-order valence-electron chi connectivity index (χ1n) is 5.34. The fraction of sp³-hybridized carbons (Fsp3) is 1.00. The molecule has 1 unspecified atom stereocenters. The number of rotatable bonds is 6. The first-order valence-corrected chi connectivity index (χ1v) is 6.78. The summed E-state index contributed by atoms with van der Waals surface area (Å²) < 4.78 is 27.7. The molecule has 5 nitrogen and oxygen atoms in total. The molecule has 0 aromatic carbocycles. The van der Waals surface area contributed by atoms with Crippen LogP contribution in [0.15, 0.2) is 0 Å². The van der Waals surface area contributed by atoms with Crippen molar-refractivity contribution in [1.29, 1.82) is 0 Å². The van der Waals surface area contributed by atoms with Gasteiger partial charge in [-0.15, -0.1) is 12.4 Å². The summed E-state index contributed by atoms with van der Waals surface area (Å²) >= 11 is 0. The molecule has 1 rings (SSSR count). The summed E-state index contributed by atoms with van der Waals surface area (Å²) in [5.41, 5.74) is 5.55. The van der Waals surface area contributed by atoms with Crippen LogP contribution in [0.1, 0.15) is 26.7 Å². The van der Waals surface area contributed by atoms with Gasteiger partial charge < -0.3 is 5.73 Å². The minimum atomic E-state index is -3.37. The lowest BCUT2D eigenvalue weighted by Gasteiger charge is -2.24. The molecule has 0 spiro atoms. The van der Waals surface area contributed by atoms with Crippen LogP contribution < -0.4 is 10.5 Å². The molecule has 0 saturated heterocycles. The standard InChI is InChI=1S/C9H21N3O2S.ClH/c1-7(2)12(3)15(13,14)11-9(6-10)8-4-5-8;/h7-9,11H,4-6,10H2,1-3H3;1H. The molecule has 1 saturated carbocycles. The highest BCUT2D eigenvalue weighted by Gasteiger charge is 2.34. The molecule has 1 atom stereocenters. The lowest BCUT2D eigenvalue weighted by molar-refractivity contribution is 0.391. The van der Waals surface area contributed by atoms with Gasteiger partial charge in [-0.05, 0) is 32.6 Å². The van der Waals surface area contributed by atoms with Crippen molar-refractivity contribution in [2.75, 3.05) is 13.6 Å². The van der Waals surface area contributed by atoms with Crippen molar-refractivity contribution in [3.05, 3.63) is 0 Å². The Hall–Kier alpha value is 0.120. The zero-order valence-electron chi connectivity index (χ0n) is 10.0. The fourth-order valence-corrected chi connectivity index (χ4v) is 2.78. The second-order valence-corrected chi connectivity index (χ2v) is 6.17. The van der Waals surface area contributed by atoms with E-state index in [0.29, 0.717) is 12.5 Å². The van der Waals surface area contributed by atoms with E-state index < -0.39 is 10.2 Å². The van der Waals surface area contributed by atoms with Crippen LogP contribution in [0.25, 0.3) is 0 Å². The van der Waals surface area contributed by atoms with Crippen LogP contribution in [0.2, 0.25) is 0 Å². The molecule has 1 aliphatic rings. The van der Waals surface area contributed by atoms with Crippen molar-refractivity contribution in [2.24, 2.45) is 11.7 Å². The van der Waals surface area contributed by atoms with Crippen LogP contribution in [0.3, 0.4) is 0 Å². The van der Waals surface area contributed by atoms with E-state index in [1.54, 1.807) is 7.05 Å². The van der Waals surface area contributed by atoms with Gasteiger partial charge in [0.05, 0.1) is 0 Å². The third-order valence-corrected chi connectivity index (χ3v) is 4.63. The number of hydrogen-bond acceptors (Lipinski definition) is 3. The molecular weight excluding hydrogens is 250 g/mol. The number of nitrogens with one attached hydrogen (secondary N) is 1. The Kier molecular flexibility index (Phi) is 6.21. The largest absolute Gasteiger partial charge is 0.329 e. The summed E-state index contributed by atoms with van der Waals surface area (Å²) in [4.78, 5) is 0. The molecule has 3 N–H and O–H groups in total. The Bertz CT molecular complexity index is 304. The molecule has 0 aromatic heterocycles. The highest BCUT2D eigenvalue weighted by molar-refractivity contribution is 7.87. The quantitative estimate of drug-likeness (QED) is 0.731. The minimum absolute atomic E-state index is 0. The highest BCUT2D eigenvalue weighted by atomic mass is 35.5. The van der Waals surface area contributed by atoms with E-state index in [1.807, 2.05) is 13.8 Å². The molecule has 0 radical (unpaired) electrons. The Labute approximate surface area is 104 Å². The predicted molar refractivity (Wildman–Crippen MR) is 67.8 cm³/mol. The van der Waals surface area contributed by atoms with E-state index >= 15 is 0 Å². The highest BCUT2D eigenvalue weighted by Crippen LogP contribution is 2.32. The molecule has 0 bridgehead atoms. The Morgan fingerprint density at radius 2 is 1.94 bits per heavy atom. The Morgan fingerprint density at radius 3 is 2.25 bits per heavy atom. The lowest BCUT2D eigenvalue weighted by atomic mass is 10.2. The molecule has 16 heavy (non-hydrogen) atoms. The third-order valence-electron chi connectivity index (χ3n) is 2.85. The first-order chi connectivity index (χ1) is 6.88. The Balaban J connectivity index is 0.00000225. The van der Waals surface area contributed by atoms with Crippen molar-refractivity contribution >= 4 is 22.6 Å². The normalized spacial score (nSPS) is 18.6. The van der Waals surface area contributed by atoms with E-state index in [0.717, 1.165) is 12.8 Å². The number of nitrogens with zero attached hydrogens (tertiary/aromatic N) is 1. The second kappa shape index (κ2) is 6.16. The molecule has 1 aliphatic carbocycles. The van der Waals surface area contributed by atoms with Gasteiger partial charge in [0.15, 0.2) is 0 Å². The van der Waals surface area contributed by atoms with Gasteiger partial charge in [0.2, 0.25) is 0 Å². The van der Waals surface area contributed by atoms with Crippen LogP contribution in [0, 0.1) is 5.92 Å². The predicted octanol–water partition coefficient (Wildman–Crippen LogP) is 0.320. The second-order valence-electron chi connectivity index (χ2n) is 4.41.